The summed E-state index contributed by atoms with van der Waals surface area (Å²) in [5.41, 5.74) is 2.01. The second-order valence-electron chi connectivity index (χ2n) is 11.9. The number of oxazole rings is 1. The fourth-order valence-electron chi connectivity index (χ4n) is 6.17. The van der Waals surface area contributed by atoms with Crippen molar-refractivity contribution >= 4 is 23.0 Å². The summed E-state index contributed by atoms with van der Waals surface area (Å²) in [4.78, 5) is 32.0. The summed E-state index contributed by atoms with van der Waals surface area (Å²) in [7, 11) is 1.43. The zero-order valence-corrected chi connectivity index (χ0v) is 23.7. The third-order valence-corrected chi connectivity index (χ3v) is 8.51. The second-order valence-corrected chi connectivity index (χ2v) is 11.9. The SMILES string of the molecule is COCC(c1ccc2oc(C(NC(=O)c3ccnn3C(C)C)C(C3CC3)C3CC3)nc2c1)N1CC(C(F)(F)F)NC1=O. The highest BCUT2D eigenvalue weighted by Gasteiger charge is 2.49. The number of fused-ring (bicyclic) bond motifs is 1. The van der Waals surface area contributed by atoms with Gasteiger partial charge in [-0.25, -0.2) is 9.78 Å². The number of rotatable bonds is 11. The van der Waals surface area contributed by atoms with Crippen molar-refractivity contribution in [2.45, 2.75) is 69.9 Å². The molecule has 2 aliphatic carbocycles. The Bertz CT molecular complexity index is 1450. The molecule has 3 fully saturated rings. The fraction of sp³-hybridized carbons (Fsp3) is 0.586. The van der Waals surface area contributed by atoms with Crippen LogP contribution in [0.1, 0.15) is 79.6 Å². The van der Waals surface area contributed by atoms with E-state index >= 15 is 0 Å². The number of nitrogens with zero attached hydrogens (tertiary/aromatic N) is 4. The standard InChI is InChI=1S/C29H35F3N6O4/c1-15(2)38-20(10-11-33-38)26(39)36-25(24(16-4-5-16)17-6-7-17)27-34-19-12-18(8-9-22(19)42-27)21(14-41-3)37-13-23(29(30,31)32)35-28(37)40/h8-12,15-17,21,23-25H,4-7,13-14H2,1-3H3,(H,35,40)(H,36,39). The van der Waals surface area contributed by atoms with E-state index in [1.807, 2.05) is 19.2 Å². The number of nitrogens with one attached hydrogen (secondary N) is 2. The van der Waals surface area contributed by atoms with Crippen LogP contribution < -0.4 is 10.6 Å². The lowest BCUT2D eigenvalue weighted by molar-refractivity contribution is -0.150. The van der Waals surface area contributed by atoms with Crippen LogP contribution in [0.4, 0.5) is 18.0 Å². The summed E-state index contributed by atoms with van der Waals surface area (Å²) in [6, 6.07) is 2.87. The maximum atomic E-state index is 13.5. The van der Waals surface area contributed by atoms with Crippen LogP contribution in [-0.4, -0.2) is 64.1 Å². The zero-order chi connectivity index (χ0) is 29.8. The van der Waals surface area contributed by atoms with E-state index < -0.39 is 36.9 Å². The topological polar surface area (TPSA) is 115 Å². The van der Waals surface area contributed by atoms with Crippen molar-refractivity contribution in [3.05, 3.63) is 47.6 Å². The number of carbonyl (C=O) groups is 2. The Kier molecular flexibility index (Phi) is 7.40. The molecule has 3 heterocycles. The smallest absolute Gasteiger partial charge is 0.410 e. The largest absolute Gasteiger partial charge is 0.438 e. The molecule has 2 saturated carbocycles. The van der Waals surface area contributed by atoms with E-state index in [4.69, 9.17) is 14.1 Å². The average Bonchev–Trinajstić information content (AvgIpc) is 3.81. The molecule has 0 bridgehead atoms. The van der Waals surface area contributed by atoms with Gasteiger partial charge in [-0.3, -0.25) is 9.48 Å². The average molecular weight is 589 g/mol. The summed E-state index contributed by atoms with van der Waals surface area (Å²) < 4.78 is 53.3. The molecule has 13 heteroatoms. The Morgan fingerprint density at radius 3 is 2.50 bits per heavy atom. The number of halogens is 3. The van der Waals surface area contributed by atoms with Gasteiger partial charge in [-0.05, 0) is 81.0 Å². The molecular weight excluding hydrogens is 553 g/mol. The zero-order valence-electron chi connectivity index (χ0n) is 23.7. The molecule has 10 nitrogen and oxygen atoms in total. The van der Waals surface area contributed by atoms with Crippen molar-refractivity contribution in [2.24, 2.45) is 17.8 Å². The first-order valence-electron chi connectivity index (χ1n) is 14.4. The van der Waals surface area contributed by atoms with Gasteiger partial charge in [0.25, 0.3) is 5.91 Å². The Labute approximate surface area is 241 Å². The van der Waals surface area contributed by atoms with Crippen LogP contribution in [0.25, 0.3) is 11.1 Å². The normalized spacial score (nSPS) is 20.9. The van der Waals surface area contributed by atoms with Gasteiger partial charge in [-0.1, -0.05) is 6.07 Å². The predicted molar refractivity (Wildman–Crippen MR) is 145 cm³/mol. The molecule has 1 aromatic carbocycles. The van der Waals surface area contributed by atoms with Crippen molar-refractivity contribution in [3.8, 4) is 0 Å². The molecule has 6 rings (SSSR count). The molecule has 3 aliphatic rings. The lowest BCUT2D eigenvalue weighted by Gasteiger charge is -2.27. The predicted octanol–water partition coefficient (Wildman–Crippen LogP) is 5.16. The number of aromatic nitrogens is 3. The summed E-state index contributed by atoms with van der Waals surface area (Å²) in [6.45, 7) is 3.40. The molecule has 1 saturated heterocycles. The number of carbonyl (C=O) groups excluding carboxylic acids is 2. The molecule has 2 N–H and O–H groups in total. The van der Waals surface area contributed by atoms with E-state index in [2.05, 4.69) is 10.4 Å². The van der Waals surface area contributed by atoms with Crippen molar-refractivity contribution in [3.63, 3.8) is 0 Å². The highest BCUT2D eigenvalue weighted by molar-refractivity contribution is 5.92. The molecule has 3 atom stereocenters. The number of benzene rings is 1. The Balaban J connectivity index is 1.32. The van der Waals surface area contributed by atoms with Crippen molar-refractivity contribution in [1.82, 2.24) is 30.3 Å². The van der Waals surface area contributed by atoms with E-state index in [0.717, 1.165) is 30.6 Å². The monoisotopic (exact) mass is 588 g/mol. The highest BCUT2D eigenvalue weighted by atomic mass is 19.4. The van der Waals surface area contributed by atoms with Gasteiger partial charge in [0.2, 0.25) is 5.89 Å². The summed E-state index contributed by atoms with van der Waals surface area (Å²) in [5.74, 6) is 1.29. The summed E-state index contributed by atoms with van der Waals surface area (Å²) >= 11 is 0. The minimum absolute atomic E-state index is 0.00185. The van der Waals surface area contributed by atoms with Crippen molar-refractivity contribution in [2.75, 3.05) is 20.3 Å². The van der Waals surface area contributed by atoms with Gasteiger partial charge in [0, 0.05) is 19.3 Å². The van der Waals surface area contributed by atoms with E-state index in [9.17, 15) is 22.8 Å². The Hall–Kier alpha value is -3.61. The van der Waals surface area contributed by atoms with Gasteiger partial charge >= 0.3 is 12.2 Å². The van der Waals surface area contributed by atoms with Crippen LogP contribution in [0.3, 0.4) is 0 Å². The molecule has 226 valence electrons. The first-order chi connectivity index (χ1) is 20.0. The number of hydrogen-bond acceptors (Lipinski definition) is 6. The van der Waals surface area contributed by atoms with Crippen LogP contribution in [0.5, 0.6) is 0 Å². The van der Waals surface area contributed by atoms with Gasteiger partial charge in [0.15, 0.2) is 5.58 Å². The van der Waals surface area contributed by atoms with Crippen LogP contribution in [0.15, 0.2) is 34.9 Å². The number of urea groups is 1. The number of alkyl halides is 3. The minimum atomic E-state index is -4.56. The molecule has 0 spiro atoms. The lowest BCUT2D eigenvalue weighted by Crippen LogP contribution is -2.40. The lowest BCUT2D eigenvalue weighted by atomic mass is 9.89. The van der Waals surface area contributed by atoms with Gasteiger partial charge < -0.3 is 24.7 Å². The van der Waals surface area contributed by atoms with E-state index in [-0.39, 0.29) is 24.5 Å². The van der Waals surface area contributed by atoms with Gasteiger partial charge in [0.05, 0.1) is 19.2 Å². The maximum Gasteiger partial charge on any atom is 0.410 e. The molecule has 3 amide bonds. The molecule has 3 unspecified atom stereocenters. The minimum Gasteiger partial charge on any atom is -0.438 e. The molecular formula is C29H35F3N6O4. The number of hydrogen-bond donors (Lipinski definition) is 2. The molecule has 2 aromatic heterocycles. The maximum absolute atomic E-state index is 13.5. The van der Waals surface area contributed by atoms with Gasteiger partial charge in [-0.2, -0.15) is 18.3 Å². The Morgan fingerprint density at radius 2 is 1.90 bits per heavy atom. The summed E-state index contributed by atoms with van der Waals surface area (Å²) in [6.07, 6.45) is 1.43. The number of amides is 3. The van der Waals surface area contributed by atoms with E-state index in [0.29, 0.717) is 40.1 Å². The van der Waals surface area contributed by atoms with Gasteiger partial charge in [-0.15, -0.1) is 0 Å². The van der Waals surface area contributed by atoms with E-state index in [1.54, 1.807) is 35.1 Å². The molecule has 0 radical (unpaired) electrons. The van der Waals surface area contributed by atoms with Crippen molar-refractivity contribution < 1.29 is 31.9 Å². The first-order valence-corrected chi connectivity index (χ1v) is 14.4. The van der Waals surface area contributed by atoms with Crippen LogP contribution in [0, 0.1) is 17.8 Å². The number of ether oxygens (including phenoxy) is 1. The highest BCUT2D eigenvalue weighted by Crippen LogP contribution is 2.54. The quantitative estimate of drug-likeness (QED) is 0.320. The van der Waals surface area contributed by atoms with Crippen LogP contribution in [0.2, 0.25) is 0 Å². The molecule has 3 aromatic rings. The van der Waals surface area contributed by atoms with E-state index in [1.165, 1.54) is 7.11 Å². The van der Waals surface area contributed by atoms with Crippen molar-refractivity contribution in [1.29, 1.82) is 0 Å². The first kappa shape index (κ1) is 28.5. The van der Waals surface area contributed by atoms with Crippen LogP contribution in [-0.2, 0) is 4.74 Å². The third kappa shape index (κ3) is 5.58. The van der Waals surface area contributed by atoms with Gasteiger partial charge in [0.1, 0.15) is 23.3 Å². The molecule has 42 heavy (non-hydrogen) atoms. The third-order valence-electron chi connectivity index (χ3n) is 8.51. The molecule has 1 aliphatic heterocycles. The Morgan fingerprint density at radius 1 is 1.19 bits per heavy atom. The summed E-state index contributed by atoms with van der Waals surface area (Å²) in [5, 5.41) is 9.54. The second kappa shape index (κ2) is 10.9. The fourth-order valence-corrected chi connectivity index (χ4v) is 6.17. The van der Waals surface area contributed by atoms with Crippen LogP contribution >= 0.6 is 0 Å². The number of methoxy groups -OCH3 is 1.